The van der Waals surface area contributed by atoms with Crippen LogP contribution in [0.5, 0.6) is 0 Å². The summed E-state index contributed by atoms with van der Waals surface area (Å²) in [6.45, 7) is 8.15. The van der Waals surface area contributed by atoms with Gasteiger partial charge in [-0.25, -0.2) is 0 Å². The smallest absolute Gasteiger partial charge is 0.285 e. The molecule has 1 unspecified atom stereocenters. The first kappa shape index (κ1) is 14.2. The number of carbonyl (C=O) groups excluding carboxylic acids is 1. The van der Waals surface area contributed by atoms with E-state index in [4.69, 9.17) is 0 Å². The van der Waals surface area contributed by atoms with Gasteiger partial charge in [-0.3, -0.25) is 4.79 Å². The van der Waals surface area contributed by atoms with Crippen molar-refractivity contribution in [3.05, 3.63) is 5.01 Å². The lowest BCUT2D eigenvalue weighted by molar-refractivity contribution is 0.0700. The molecule has 2 rings (SSSR count). The van der Waals surface area contributed by atoms with E-state index in [9.17, 15) is 4.79 Å². The average molecular weight is 282 g/mol. The van der Waals surface area contributed by atoms with E-state index in [1.807, 2.05) is 4.90 Å². The molecular weight excluding hydrogens is 260 g/mol. The van der Waals surface area contributed by atoms with Crippen LogP contribution in [0.15, 0.2) is 0 Å². The van der Waals surface area contributed by atoms with Crippen LogP contribution in [0.1, 0.15) is 49.8 Å². The first-order valence-corrected chi connectivity index (χ1v) is 7.83. The van der Waals surface area contributed by atoms with Gasteiger partial charge in [-0.2, -0.15) is 0 Å². The molecule has 1 fully saturated rings. The topological polar surface area (TPSA) is 58.1 Å². The zero-order valence-electron chi connectivity index (χ0n) is 11.8. The van der Waals surface area contributed by atoms with Crippen molar-refractivity contribution in [2.75, 3.05) is 18.4 Å². The van der Waals surface area contributed by atoms with Crippen LogP contribution in [0.25, 0.3) is 0 Å². The van der Waals surface area contributed by atoms with Gasteiger partial charge in [0.25, 0.3) is 5.91 Å². The van der Waals surface area contributed by atoms with E-state index in [0.717, 1.165) is 37.5 Å². The van der Waals surface area contributed by atoms with E-state index in [-0.39, 0.29) is 5.91 Å². The summed E-state index contributed by atoms with van der Waals surface area (Å²) < 4.78 is 0. The maximum Gasteiger partial charge on any atom is 0.285 e. The lowest BCUT2D eigenvalue weighted by Crippen LogP contribution is -2.38. The number of nitrogens with one attached hydrogen (secondary N) is 1. The molecule has 1 aromatic heterocycles. The van der Waals surface area contributed by atoms with Crippen molar-refractivity contribution in [2.45, 2.75) is 46.1 Å². The molecule has 1 saturated heterocycles. The maximum absolute atomic E-state index is 12.5. The molecule has 19 heavy (non-hydrogen) atoms. The van der Waals surface area contributed by atoms with E-state index in [2.05, 4.69) is 36.3 Å². The van der Waals surface area contributed by atoms with Gasteiger partial charge in [0.1, 0.15) is 0 Å². The Morgan fingerprint density at radius 2 is 2.32 bits per heavy atom. The summed E-state index contributed by atoms with van der Waals surface area (Å²) in [5.41, 5.74) is 0. The lowest BCUT2D eigenvalue weighted by Gasteiger charge is -2.26. The fourth-order valence-corrected chi connectivity index (χ4v) is 3.20. The molecule has 1 atom stereocenters. The molecule has 1 aliphatic rings. The second kappa shape index (κ2) is 6.32. The summed E-state index contributed by atoms with van der Waals surface area (Å²) >= 11 is 1.36. The van der Waals surface area contributed by atoms with Crippen molar-refractivity contribution >= 4 is 22.4 Å². The van der Waals surface area contributed by atoms with Crippen molar-refractivity contribution < 1.29 is 4.79 Å². The molecular formula is C13H22N4OS. The minimum Gasteiger partial charge on any atom is -0.360 e. The van der Waals surface area contributed by atoms with Crippen molar-refractivity contribution in [3.8, 4) is 0 Å². The molecule has 5 nitrogen and oxygen atoms in total. The van der Waals surface area contributed by atoms with Crippen LogP contribution in [-0.2, 0) is 0 Å². The van der Waals surface area contributed by atoms with Crippen molar-refractivity contribution in [1.82, 2.24) is 15.1 Å². The SMILES string of the molecule is CCCNc1nnc(C(=O)N2CCCC2C(C)C)s1. The number of nitrogens with zero attached hydrogens (tertiary/aromatic N) is 3. The van der Waals surface area contributed by atoms with Gasteiger partial charge in [0, 0.05) is 19.1 Å². The van der Waals surface area contributed by atoms with Crippen molar-refractivity contribution in [2.24, 2.45) is 5.92 Å². The number of rotatable bonds is 5. The Hall–Kier alpha value is -1.17. The van der Waals surface area contributed by atoms with E-state index >= 15 is 0 Å². The van der Waals surface area contributed by atoms with Crippen LogP contribution in [0.2, 0.25) is 0 Å². The number of likely N-dealkylation sites (tertiary alicyclic amines) is 1. The van der Waals surface area contributed by atoms with Crippen LogP contribution < -0.4 is 5.32 Å². The normalized spacial score (nSPS) is 19.2. The van der Waals surface area contributed by atoms with Crippen molar-refractivity contribution in [3.63, 3.8) is 0 Å². The molecule has 1 aromatic rings. The predicted octanol–water partition coefficient (Wildman–Crippen LogP) is 2.62. The minimum atomic E-state index is 0.0400. The first-order valence-electron chi connectivity index (χ1n) is 7.01. The van der Waals surface area contributed by atoms with Gasteiger partial charge in [-0.05, 0) is 25.2 Å². The van der Waals surface area contributed by atoms with Crippen LogP contribution in [0.3, 0.4) is 0 Å². The molecule has 0 saturated carbocycles. The third-order valence-electron chi connectivity index (χ3n) is 3.46. The highest BCUT2D eigenvalue weighted by atomic mass is 32.1. The highest BCUT2D eigenvalue weighted by Gasteiger charge is 2.32. The summed E-state index contributed by atoms with van der Waals surface area (Å²) in [6.07, 6.45) is 3.22. The van der Waals surface area contributed by atoms with Gasteiger partial charge in [0.05, 0.1) is 0 Å². The molecule has 6 heteroatoms. The highest BCUT2D eigenvalue weighted by Crippen LogP contribution is 2.27. The van der Waals surface area contributed by atoms with Gasteiger partial charge < -0.3 is 10.2 Å². The Morgan fingerprint density at radius 3 is 3.00 bits per heavy atom. The monoisotopic (exact) mass is 282 g/mol. The summed E-state index contributed by atoms with van der Waals surface area (Å²) in [5.74, 6) is 0.537. The predicted molar refractivity (Wildman–Crippen MR) is 77.6 cm³/mol. The number of anilines is 1. The Bertz CT molecular complexity index is 432. The van der Waals surface area contributed by atoms with Crippen molar-refractivity contribution in [1.29, 1.82) is 0 Å². The zero-order valence-corrected chi connectivity index (χ0v) is 12.7. The Morgan fingerprint density at radius 1 is 1.53 bits per heavy atom. The molecule has 0 aromatic carbocycles. The molecule has 2 heterocycles. The van der Waals surface area contributed by atoms with Gasteiger partial charge in [0.2, 0.25) is 10.1 Å². The van der Waals surface area contributed by atoms with E-state index < -0.39 is 0 Å². The molecule has 1 amide bonds. The van der Waals surface area contributed by atoms with Gasteiger partial charge in [0.15, 0.2) is 0 Å². The molecule has 0 bridgehead atoms. The first-order chi connectivity index (χ1) is 9.13. The fraction of sp³-hybridized carbons (Fsp3) is 0.769. The highest BCUT2D eigenvalue weighted by molar-refractivity contribution is 7.17. The largest absolute Gasteiger partial charge is 0.360 e. The van der Waals surface area contributed by atoms with E-state index in [1.54, 1.807) is 0 Å². The Kier molecular flexibility index (Phi) is 4.74. The van der Waals surface area contributed by atoms with Crippen LogP contribution in [0.4, 0.5) is 5.13 Å². The molecule has 1 N–H and O–H groups in total. The number of hydrogen-bond acceptors (Lipinski definition) is 5. The summed E-state index contributed by atoms with van der Waals surface area (Å²) in [5, 5.41) is 12.5. The number of aromatic nitrogens is 2. The maximum atomic E-state index is 12.5. The molecule has 106 valence electrons. The lowest BCUT2D eigenvalue weighted by atomic mass is 10.0. The summed E-state index contributed by atoms with van der Waals surface area (Å²) in [4.78, 5) is 14.4. The molecule has 0 aliphatic carbocycles. The Labute approximate surface area is 118 Å². The van der Waals surface area contributed by atoms with Gasteiger partial charge in [-0.1, -0.05) is 32.1 Å². The summed E-state index contributed by atoms with van der Waals surface area (Å²) in [7, 11) is 0. The van der Waals surface area contributed by atoms with E-state index in [1.165, 1.54) is 11.3 Å². The summed E-state index contributed by atoms with van der Waals surface area (Å²) in [6, 6.07) is 0.350. The van der Waals surface area contributed by atoms with Gasteiger partial charge >= 0.3 is 0 Å². The molecule has 0 spiro atoms. The second-order valence-corrected chi connectivity index (χ2v) is 6.27. The van der Waals surface area contributed by atoms with Crippen LogP contribution >= 0.6 is 11.3 Å². The second-order valence-electron chi connectivity index (χ2n) is 5.29. The number of hydrogen-bond donors (Lipinski definition) is 1. The average Bonchev–Trinajstić information content (AvgIpc) is 3.04. The number of amides is 1. The van der Waals surface area contributed by atoms with Crippen LogP contribution in [0, 0.1) is 5.92 Å². The minimum absolute atomic E-state index is 0.0400. The third-order valence-corrected chi connectivity index (χ3v) is 4.33. The zero-order chi connectivity index (χ0) is 13.8. The standard InChI is InChI=1S/C13H22N4OS/c1-4-7-14-13-16-15-11(19-13)12(18)17-8-5-6-10(17)9(2)3/h9-10H,4-8H2,1-3H3,(H,14,16). The third kappa shape index (κ3) is 3.23. The van der Waals surface area contributed by atoms with Crippen LogP contribution in [-0.4, -0.2) is 40.1 Å². The van der Waals surface area contributed by atoms with Gasteiger partial charge in [-0.15, -0.1) is 10.2 Å². The number of carbonyl (C=O) groups is 1. The molecule has 1 aliphatic heterocycles. The van der Waals surface area contributed by atoms with E-state index in [0.29, 0.717) is 17.0 Å². The fourth-order valence-electron chi connectivity index (χ4n) is 2.47. The molecule has 0 radical (unpaired) electrons. The Balaban J connectivity index is 2.04. The quantitative estimate of drug-likeness (QED) is 0.902.